The van der Waals surface area contributed by atoms with Crippen LogP contribution in [0.25, 0.3) is 10.9 Å². The van der Waals surface area contributed by atoms with Crippen molar-refractivity contribution < 1.29 is 27.1 Å². The summed E-state index contributed by atoms with van der Waals surface area (Å²) in [6, 6.07) is 8.34. The number of fused-ring (bicyclic) bond motifs is 3. The highest BCUT2D eigenvalue weighted by molar-refractivity contribution is 5.87. The van der Waals surface area contributed by atoms with E-state index in [9.17, 15) is 13.6 Å². The van der Waals surface area contributed by atoms with Gasteiger partial charge in [0.1, 0.15) is 36.7 Å². The molecule has 1 aromatic heterocycles. The number of amides is 1. The second kappa shape index (κ2) is 10.4. The van der Waals surface area contributed by atoms with E-state index in [1.807, 2.05) is 36.1 Å². The van der Waals surface area contributed by atoms with Crippen molar-refractivity contribution in [3.05, 3.63) is 64.9 Å². The first kappa shape index (κ1) is 25.6. The van der Waals surface area contributed by atoms with Gasteiger partial charge >= 0.3 is 0 Å². The van der Waals surface area contributed by atoms with Crippen LogP contribution < -0.4 is 4.74 Å². The fourth-order valence-corrected chi connectivity index (χ4v) is 5.57. The fourth-order valence-electron chi connectivity index (χ4n) is 5.57. The molecule has 37 heavy (non-hydrogen) atoms. The second-order valence-electron chi connectivity index (χ2n) is 10.2. The number of carbonyl (C=O) groups is 1. The third kappa shape index (κ3) is 4.69. The smallest absolute Gasteiger partial charge is 0.229 e. The molecule has 1 amide bonds. The zero-order valence-electron chi connectivity index (χ0n) is 20.9. The fraction of sp³-hybridized carbons (Fsp3) is 0.464. The number of likely N-dealkylation sites (tertiary alicyclic amines) is 1. The molecule has 0 aliphatic carbocycles. The zero-order chi connectivity index (χ0) is 26.3. The minimum absolute atomic E-state index is 0.0389. The number of nitrogens with one attached hydrogen (secondary N) is 1. The van der Waals surface area contributed by atoms with Crippen LogP contribution in [-0.2, 0) is 11.2 Å². The van der Waals surface area contributed by atoms with E-state index in [-0.39, 0.29) is 30.5 Å². The Morgan fingerprint density at radius 2 is 1.86 bits per heavy atom. The SMILES string of the molecule is C[C@@H]1Cc2c([nH]c3ccccc23)C(c2c(F)cc(OCCN3CC(CF)C3)cc2F)N1C(=O)[C@@H](C)CF. The molecule has 1 fully saturated rings. The Balaban J connectivity index is 1.49. The molecule has 1 unspecified atom stereocenters. The number of alkyl halides is 2. The van der Waals surface area contributed by atoms with Gasteiger partial charge in [0, 0.05) is 60.3 Å². The van der Waals surface area contributed by atoms with Crippen LogP contribution in [-0.4, -0.2) is 66.3 Å². The molecule has 0 saturated carbocycles. The first-order chi connectivity index (χ1) is 17.8. The monoisotopic (exact) mass is 517 g/mol. The first-order valence-corrected chi connectivity index (χ1v) is 12.7. The molecular weight excluding hydrogens is 486 g/mol. The minimum atomic E-state index is -1.08. The average Bonchev–Trinajstić information content (AvgIpc) is 3.22. The van der Waals surface area contributed by atoms with Gasteiger partial charge in [-0.15, -0.1) is 0 Å². The highest BCUT2D eigenvalue weighted by Crippen LogP contribution is 2.43. The maximum atomic E-state index is 15.7. The van der Waals surface area contributed by atoms with Crippen molar-refractivity contribution in [2.45, 2.75) is 32.4 Å². The molecule has 9 heteroatoms. The Bertz CT molecular complexity index is 1270. The van der Waals surface area contributed by atoms with Crippen molar-refractivity contribution in [3.8, 4) is 5.75 Å². The summed E-state index contributed by atoms with van der Waals surface area (Å²) in [7, 11) is 0. The average molecular weight is 518 g/mol. The number of nitrogens with zero attached hydrogens (tertiary/aromatic N) is 2. The number of para-hydroxylation sites is 1. The van der Waals surface area contributed by atoms with Crippen molar-refractivity contribution in [1.29, 1.82) is 0 Å². The van der Waals surface area contributed by atoms with Crippen LogP contribution in [0.15, 0.2) is 36.4 Å². The van der Waals surface area contributed by atoms with Crippen molar-refractivity contribution in [1.82, 2.24) is 14.8 Å². The quantitative estimate of drug-likeness (QED) is 0.418. The molecule has 0 spiro atoms. The molecule has 0 bridgehead atoms. The third-order valence-corrected chi connectivity index (χ3v) is 7.53. The van der Waals surface area contributed by atoms with Crippen LogP contribution in [0.1, 0.15) is 36.7 Å². The standard InChI is InChI=1S/C28H31F4N3O2/c1-16(12-29)28(36)35-17(2)9-21-20-5-3-4-6-24(20)33-26(21)27(35)25-22(31)10-19(11-23(25)32)37-8-7-34-14-18(13-30)15-34/h3-6,10-11,16-18,27,33H,7-9,12-15H2,1-2H3/t16-,17+,27?/m0/s1. The topological polar surface area (TPSA) is 48.6 Å². The molecule has 1 saturated heterocycles. The number of aromatic amines is 1. The highest BCUT2D eigenvalue weighted by atomic mass is 19.1. The number of carbonyl (C=O) groups excluding carboxylic acids is 1. The Morgan fingerprint density at radius 1 is 1.16 bits per heavy atom. The van der Waals surface area contributed by atoms with Crippen molar-refractivity contribution in [2.75, 3.05) is 39.6 Å². The third-order valence-electron chi connectivity index (χ3n) is 7.53. The van der Waals surface area contributed by atoms with Gasteiger partial charge in [0.2, 0.25) is 5.91 Å². The van der Waals surface area contributed by atoms with Gasteiger partial charge in [0.05, 0.1) is 18.2 Å². The van der Waals surface area contributed by atoms with Gasteiger partial charge in [-0.05, 0) is 25.0 Å². The summed E-state index contributed by atoms with van der Waals surface area (Å²) in [6.07, 6.45) is 0.477. The number of H-pyrrole nitrogens is 1. The van der Waals surface area contributed by atoms with E-state index in [4.69, 9.17) is 4.74 Å². The van der Waals surface area contributed by atoms with E-state index in [0.29, 0.717) is 31.7 Å². The number of hydrogen-bond acceptors (Lipinski definition) is 3. The molecule has 0 radical (unpaired) electrons. The molecule has 3 atom stereocenters. The van der Waals surface area contributed by atoms with Gasteiger partial charge in [-0.25, -0.2) is 8.78 Å². The lowest BCUT2D eigenvalue weighted by atomic mass is 9.87. The van der Waals surface area contributed by atoms with Crippen LogP contribution in [0.5, 0.6) is 5.75 Å². The first-order valence-electron chi connectivity index (χ1n) is 12.7. The van der Waals surface area contributed by atoms with Crippen LogP contribution in [0.2, 0.25) is 0 Å². The molecular formula is C28H31F4N3O2. The summed E-state index contributed by atoms with van der Waals surface area (Å²) in [5.41, 5.74) is 1.95. The number of aromatic nitrogens is 1. The number of rotatable bonds is 8. The summed E-state index contributed by atoms with van der Waals surface area (Å²) in [5, 5.41) is 0.932. The molecule has 3 aromatic rings. The minimum Gasteiger partial charge on any atom is -0.492 e. The van der Waals surface area contributed by atoms with E-state index >= 15 is 8.78 Å². The maximum Gasteiger partial charge on any atom is 0.229 e. The molecule has 198 valence electrons. The summed E-state index contributed by atoms with van der Waals surface area (Å²) >= 11 is 0. The molecule has 2 aromatic carbocycles. The van der Waals surface area contributed by atoms with E-state index in [1.54, 1.807) is 0 Å². The normalized spacial score (nSPS) is 21.1. The highest BCUT2D eigenvalue weighted by Gasteiger charge is 2.42. The molecule has 2 aliphatic heterocycles. The van der Waals surface area contributed by atoms with Crippen molar-refractivity contribution in [3.63, 3.8) is 0 Å². The molecule has 5 rings (SSSR count). The summed E-state index contributed by atoms with van der Waals surface area (Å²) in [5.74, 6) is -3.03. The zero-order valence-corrected chi connectivity index (χ0v) is 20.9. The number of ether oxygens (including phenoxy) is 1. The van der Waals surface area contributed by atoms with Crippen molar-refractivity contribution >= 4 is 16.8 Å². The Hall–Kier alpha value is -3.07. The van der Waals surface area contributed by atoms with Gasteiger partial charge in [-0.3, -0.25) is 18.5 Å². The Kier molecular flexibility index (Phi) is 7.16. The molecule has 3 heterocycles. The van der Waals surface area contributed by atoms with Crippen LogP contribution in [0.3, 0.4) is 0 Å². The molecule has 2 aliphatic rings. The summed E-state index contributed by atoms with van der Waals surface area (Å²) in [6.45, 7) is 4.12. The van der Waals surface area contributed by atoms with E-state index in [1.165, 1.54) is 11.8 Å². The van der Waals surface area contributed by atoms with Crippen LogP contribution >= 0.6 is 0 Å². The van der Waals surface area contributed by atoms with Gasteiger partial charge in [0.15, 0.2) is 0 Å². The van der Waals surface area contributed by atoms with Crippen molar-refractivity contribution in [2.24, 2.45) is 11.8 Å². The Morgan fingerprint density at radius 3 is 2.54 bits per heavy atom. The predicted molar refractivity (Wildman–Crippen MR) is 133 cm³/mol. The second-order valence-corrected chi connectivity index (χ2v) is 10.2. The molecule has 5 nitrogen and oxygen atoms in total. The Labute approximate surface area is 213 Å². The lowest BCUT2D eigenvalue weighted by Crippen LogP contribution is -2.49. The van der Waals surface area contributed by atoms with E-state index in [2.05, 4.69) is 4.98 Å². The number of hydrogen-bond donors (Lipinski definition) is 1. The van der Waals surface area contributed by atoms with Crippen LogP contribution in [0.4, 0.5) is 17.6 Å². The van der Waals surface area contributed by atoms with E-state index in [0.717, 1.165) is 28.6 Å². The van der Waals surface area contributed by atoms with Gasteiger partial charge < -0.3 is 14.6 Å². The summed E-state index contributed by atoms with van der Waals surface area (Å²) in [4.78, 5) is 20.0. The number of benzene rings is 2. The molecule has 1 N–H and O–H groups in total. The predicted octanol–water partition coefficient (Wildman–Crippen LogP) is 5.19. The van der Waals surface area contributed by atoms with Gasteiger partial charge in [0.25, 0.3) is 0 Å². The van der Waals surface area contributed by atoms with Crippen LogP contribution in [0, 0.1) is 23.5 Å². The lowest BCUT2D eigenvalue weighted by molar-refractivity contribution is -0.140. The largest absolute Gasteiger partial charge is 0.492 e. The lowest BCUT2D eigenvalue weighted by Gasteiger charge is -2.42. The van der Waals surface area contributed by atoms with Gasteiger partial charge in [-0.1, -0.05) is 25.1 Å². The summed E-state index contributed by atoms with van der Waals surface area (Å²) < 4.78 is 63.0. The number of halogens is 4. The maximum absolute atomic E-state index is 15.7. The van der Waals surface area contributed by atoms with E-state index < -0.39 is 42.2 Å². The van der Waals surface area contributed by atoms with Gasteiger partial charge in [-0.2, -0.15) is 0 Å².